The fourth-order valence-electron chi connectivity index (χ4n) is 1.59. The number of hydrogen-bond acceptors (Lipinski definition) is 3. The Morgan fingerprint density at radius 3 is 2.71 bits per heavy atom. The molecule has 0 fully saturated rings. The quantitative estimate of drug-likeness (QED) is 0.802. The van der Waals surface area contributed by atoms with Crippen LogP contribution < -0.4 is 0 Å². The summed E-state index contributed by atoms with van der Waals surface area (Å²) in [4.78, 5) is 15.3. The largest absolute Gasteiger partial charge is 0.444 e. The molecule has 0 saturated carbocycles. The maximum atomic E-state index is 11.7. The maximum Gasteiger partial charge on any atom is 0.415 e. The van der Waals surface area contributed by atoms with Crippen molar-refractivity contribution in [3.05, 3.63) is 48.3 Å². The van der Waals surface area contributed by atoms with Gasteiger partial charge in [0.25, 0.3) is 0 Å². The van der Waals surface area contributed by atoms with Gasteiger partial charge in [0.1, 0.15) is 13.3 Å². The zero-order valence-electron chi connectivity index (χ0n) is 9.87. The minimum atomic E-state index is -0.305. The third kappa shape index (κ3) is 3.00. The molecule has 17 heavy (non-hydrogen) atoms. The van der Waals surface area contributed by atoms with E-state index in [2.05, 4.69) is 0 Å². The lowest BCUT2D eigenvalue weighted by Gasteiger charge is -2.18. The summed E-state index contributed by atoms with van der Waals surface area (Å²) < 4.78 is 5.21. The topological polar surface area (TPSA) is 32.8 Å². The normalized spacial score (nSPS) is 14.2. The highest BCUT2D eigenvalue weighted by Crippen LogP contribution is 2.09. The minimum absolute atomic E-state index is 0.305. The first kappa shape index (κ1) is 11.5. The van der Waals surface area contributed by atoms with Crippen LogP contribution >= 0.6 is 0 Å². The van der Waals surface area contributed by atoms with E-state index in [4.69, 9.17) is 4.74 Å². The van der Waals surface area contributed by atoms with E-state index in [1.807, 2.05) is 48.4 Å². The number of carbonyl (C=O) groups excluding carboxylic acids is 1. The van der Waals surface area contributed by atoms with Gasteiger partial charge in [0, 0.05) is 18.9 Å². The number of ether oxygens (including phenoxy) is 1. The second-order valence-corrected chi connectivity index (χ2v) is 3.85. The van der Waals surface area contributed by atoms with Crippen LogP contribution in [0.4, 0.5) is 4.79 Å². The van der Waals surface area contributed by atoms with Crippen LogP contribution in [0, 0.1) is 0 Å². The monoisotopic (exact) mass is 232 g/mol. The zero-order valence-corrected chi connectivity index (χ0v) is 9.87. The summed E-state index contributed by atoms with van der Waals surface area (Å²) in [5.41, 5.74) is 0.997. The van der Waals surface area contributed by atoms with Gasteiger partial charge >= 0.3 is 6.09 Å². The van der Waals surface area contributed by atoms with Gasteiger partial charge in [-0.15, -0.1) is 0 Å². The average molecular weight is 232 g/mol. The van der Waals surface area contributed by atoms with E-state index in [1.165, 1.54) is 0 Å². The summed E-state index contributed by atoms with van der Waals surface area (Å²) in [6, 6.07) is 9.67. The summed E-state index contributed by atoms with van der Waals surface area (Å²) in [6.45, 7) is 3.82. The van der Waals surface area contributed by atoms with Crippen molar-refractivity contribution >= 4 is 6.09 Å². The van der Waals surface area contributed by atoms with Gasteiger partial charge in [-0.2, -0.15) is 0 Å². The van der Waals surface area contributed by atoms with Crippen LogP contribution in [0.25, 0.3) is 0 Å². The molecule has 0 spiro atoms. The van der Waals surface area contributed by atoms with Crippen molar-refractivity contribution in [1.29, 1.82) is 0 Å². The molecule has 0 aromatic heterocycles. The van der Waals surface area contributed by atoms with Crippen LogP contribution in [0.2, 0.25) is 0 Å². The minimum Gasteiger partial charge on any atom is -0.444 e. The second kappa shape index (κ2) is 5.39. The van der Waals surface area contributed by atoms with E-state index in [0.717, 1.165) is 12.1 Å². The Labute approximate surface area is 101 Å². The van der Waals surface area contributed by atoms with E-state index in [1.54, 1.807) is 11.1 Å². The summed E-state index contributed by atoms with van der Waals surface area (Å²) >= 11 is 0. The molecule has 1 aromatic rings. The maximum absolute atomic E-state index is 11.7. The second-order valence-electron chi connectivity index (χ2n) is 3.85. The van der Waals surface area contributed by atoms with Crippen LogP contribution in [-0.2, 0) is 11.3 Å². The van der Waals surface area contributed by atoms with Crippen LogP contribution in [0.15, 0.2) is 42.7 Å². The van der Waals surface area contributed by atoms with Crippen molar-refractivity contribution in [2.75, 3.05) is 13.2 Å². The highest BCUT2D eigenvalue weighted by Gasteiger charge is 2.18. The fourth-order valence-corrected chi connectivity index (χ4v) is 1.59. The van der Waals surface area contributed by atoms with Gasteiger partial charge < -0.3 is 9.64 Å². The van der Waals surface area contributed by atoms with Crippen molar-refractivity contribution in [2.45, 2.75) is 13.5 Å². The summed E-state index contributed by atoms with van der Waals surface area (Å²) in [5.74, 6) is 0. The first-order valence-electron chi connectivity index (χ1n) is 5.69. The molecule has 0 radical (unpaired) electrons. The average Bonchev–Trinajstić information content (AvgIpc) is 2.86. The number of benzene rings is 1. The molecule has 0 atom stereocenters. The molecule has 4 nitrogen and oxygen atoms in total. The van der Waals surface area contributed by atoms with Crippen LogP contribution in [0.5, 0.6) is 0 Å². The molecular weight excluding hydrogens is 216 g/mol. The number of carbonyl (C=O) groups is 1. The Bertz CT molecular complexity index is 403. The first-order chi connectivity index (χ1) is 8.29. The standard InChI is InChI=1S/C13H16N2O2/c1-2-14-8-9-15(11-14)13(16)17-10-12-6-4-3-5-7-12/h3-9H,2,10-11H2,1H3. The Kier molecular flexibility index (Phi) is 3.65. The van der Waals surface area contributed by atoms with Crippen LogP contribution in [0.3, 0.4) is 0 Å². The summed E-state index contributed by atoms with van der Waals surface area (Å²) in [6.07, 6.45) is 3.33. The lowest BCUT2D eigenvalue weighted by molar-refractivity contribution is 0.104. The zero-order chi connectivity index (χ0) is 12.1. The molecule has 1 heterocycles. The predicted molar refractivity (Wildman–Crippen MR) is 64.9 cm³/mol. The van der Waals surface area contributed by atoms with Crippen molar-refractivity contribution in [3.8, 4) is 0 Å². The lowest BCUT2D eigenvalue weighted by atomic mass is 10.2. The van der Waals surface area contributed by atoms with Gasteiger partial charge in [0.15, 0.2) is 0 Å². The van der Waals surface area contributed by atoms with Gasteiger partial charge in [-0.25, -0.2) is 4.79 Å². The third-order valence-electron chi connectivity index (χ3n) is 2.64. The number of amides is 1. The third-order valence-corrected chi connectivity index (χ3v) is 2.64. The Morgan fingerprint density at radius 1 is 1.29 bits per heavy atom. The Morgan fingerprint density at radius 2 is 2.06 bits per heavy atom. The van der Waals surface area contributed by atoms with E-state index in [0.29, 0.717) is 13.3 Å². The van der Waals surface area contributed by atoms with Crippen molar-refractivity contribution < 1.29 is 9.53 Å². The highest BCUT2D eigenvalue weighted by atomic mass is 16.6. The molecule has 4 heteroatoms. The van der Waals surface area contributed by atoms with Gasteiger partial charge in [-0.3, -0.25) is 4.90 Å². The smallest absolute Gasteiger partial charge is 0.415 e. The molecule has 0 N–H and O–H groups in total. The molecule has 0 aliphatic carbocycles. The fraction of sp³-hybridized carbons (Fsp3) is 0.308. The molecule has 0 bridgehead atoms. The van der Waals surface area contributed by atoms with Crippen molar-refractivity contribution in [2.24, 2.45) is 0 Å². The molecule has 2 rings (SSSR count). The molecule has 1 aromatic carbocycles. The van der Waals surface area contributed by atoms with Gasteiger partial charge in [0.05, 0.1) is 0 Å². The Balaban J connectivity index is 1.81. The van der Waals surface area contributed by atoms with Crippen LogP contribution in [-0.4, -0.2) is 29.1 Å². The van der Waals surface area contributed by atoms with Crippen molar-refractivity contribution in [3.63, 3.8) is 0 Å². The predicted octanol–water partition coefficient (Wildman–Crippen LogP) is 2.39. The number of nitrogens with zero attached hydrogens (tertiary/aromatic N) is 2. The molecule has 1 amide bonds. The first-order valence-corrected chi connectivity index (χ1v) is 5.69. The number of hydrogen-bond donors (Lipinski definition) is 0. The van der Waals surface area contributed by atoms with Crippen LogP contribution in [0.1, 0.15) is 12.5 Å². The van der Waals surface area contributed by atoms with Gasteiger partial charge in [0.2, 0.25) is 0 Å². The molecule has 0 saturated heterocycles. The summed E-state index contributed by atoms with van der Waals surface area (Å²) in [7, 11) is 0. The van der Waals surface area contributed by atoms with E-state index < -0.39 is 0 Å². The Hall–Kier alpha value is -1.97. The van der Waals surface area contributed by atoms with Gasteiger partial charge in [-0.05, 0) is 12.5 Å². The molecule has 0 unspecified atom stereocenters. The molecular formula is C13H16N2O2. The molecule has 1 aliphatic rings. The van der Waals surface area contributed by atoms with Crippen molar-refractivity contribution in [1.82, 2.24) is 9.80 Å². The van der Waals surface area contributed by atoms with E-state index in [9.17, 15) is 4.79 Å². The van der Waals surface area contributed by atoms with E-state index in [-0.39, 0.29) is 6.09 Å². The lowest BCUT2D eigenvalue weighted by Crippen LogP contribution is -2.30. The van der Waals surface area contributed by atoms with E-state index >= 15 is 0 Å². The van der Waals surface area contributed by atoms with Gasteiger partial charge in [-0.1, -0.05) is 30.3 Å². The highest BCUT2D eigenvalue weighted by molar-refractivity contribution is 5.69. The molecule has 1 aliphatic heterocycles. The molecule has 90 valence electrons. The SMILES string of the molecule is CCN1C=CN(C(=O)OCc2ccccc2)C1. The number of rotatable bonds is 3. The summed E-state index contributed by atoms with van der Waals surface area (Å²) in [5, 5.41) is 0.